The maximum absolute atomic E-state index is 12.2. The molecule has 0 amide bonds. The molecular weight excluding hydrogens is 340 g/mol. The number of hydrogen-bond donors (Lipinski definition) is 1. The molecule has 20 heavy (non-hydrogen) atoms. The summed E-state index contributed by atoms with van der Waals surface area (Å²) in [5.74, 6) is 0. The van der Waals surface area contributed by atoms with Gasteiger partial charge in [0.25, 0.3) is 10.2 Å². The fourth-order valence-electron chi connectivity index (χ4n) is 2.29. The Balaban J connectivity index is 1.93. The van der Waals surface area contributed by atoms with E-state index < -0.39 is 10.2 Å². The summed E-state index contributed by atoms with van der Waals surface area (Å²) >= 11 is 3.39. The quantitative estimate of drug-likeness (QED) is 0.820. The second-order valence-electron chi connectivity index (χ2n) is 5.09. The van der Waals surface area contributed by atoms with E-state index in [1.165, 1.54) is 5.56 Å². The minimum Gasteiger partial charge on any atom is -0.198 e. The fraction of sp³-hybridized carbons (Fsp3) is 0.571. The van der Waals surface area contributed by atoms with E-state index >= 15 is 0 Å². The molecule has 2 rings (SSSR count). The third-order valence-electron chi connectivity index (χ3n) is 3.54. The molecular formula is C14H21BrN2O2S. The number of rotatable bonds is 5. The summed E-state index contributed by atoms with van der Waals surface area (Å²) in [6.07, 6.45) is 4.17. The van der Waals surface area contributed by atoms with Gasteiger partial charge in [0.15, 0.2) is 0 Å². The number of hydrogen-bond acceptors (Lipinski definition) is 2. The molecule has 0 saturated carbocycles. The highest BCUT2D eigenvalue weighted by Crippen LogP contribution is 2.13. The SMILES string of the molecule is O=S(=O)(NCc1ccc(CBr)cc1)N1CCCCCC1. The molecule has 112 valence electrons. The largest absolute Gasteiger partial charge is 0.279 e. The van der Waals surface area contributed by atoms with E-state index in [0.717, 1.165) is 36.6 Å². The second-order valence-corrected chi connectivity index (χ2v) is 7.41. The first-order chi connectivity index (χ1) is 9.62. The molecule has 6 heteroatoms. The molecule has 1 fully saturated rings. The highest BCUT2D eigenvalue weighted by molar-refractivity contribution is 9.08. The van der Waals surface area contributed by atoms with Crippen molar-refractivity contribution in [3.05, 3.63) is 35.4 Å². The Morgan fingerprint density at radius 2 is 1.55 bits per heavy atom. The first-order valence-electron chi connectivity index (χ1n) is 7.00. The molecule has 0 radical (unpaired) electrons. The molecule has 1 aromatic carbocycles. The average molecular weight is 361 g/mol. The van der Waals surface area contributed by atoms with Crippen LogP contribution >= 0.6 is 15.9 Å². The molecule has 0 bridgehead atoms. The maximum atomic E-state index is 12.2. The minimum absolute atomic E-state index is 0.349. The van der Waals surface area contributed by atoms with E-state index in [4.69, 9.17) is 0 Å². The molecule has 4 nitrogen and oxygen atoms in total. The summed E-state index contributed by atoms with van der Waals surface area (Å²) in [5.41, 5.74) is 2.16. The summed E-state index contributed by atoms with van der Waals surface area (Å²) in [5, 5.41) is 0.812. The summed E-state index contributed by atoms with van der Waals surface area (Å²) in [7, 11) is -3.35. The zero-order chi connectivity index (χ0) is 14.4. The highest BCUT2D eigenvalue weighted by Gasteiger charge is 2.22. The van der Waals surface area contributed by atoms with E-state index in [2.05, 4.69) is 20.7 Å². The maximum Gasteiger partial charge on any atom is 0.279 e. The number of nitrogens with zero attached hydrogens (tertiary/aromatic N) is 1. The topological polar surface area (TPSA) is 49.4 Å². The van der Waals surface area contributed by atoms with Crippen molar-refractivity contribution >= 4 is 26.1 Å². The van der Waals surface area contributed by atoms with Crippen molar-refractivity contribution in [2.45, 2.75) is 37.6 Å². The molecule has 1 aromatic rings. The first-order valence-corrected chi connectivity index (χ1v) is 9.56. The van der Waals surface area contributed by atoms with Crippen LogP contribution in [0.3, 0.4) is 0 Å². The van der Waals surface area contributed by atoms with Crippen LogP contribution in [-0.2, 0) is 22.1 Å². The Morgan fingerprint density at radius 1 is 1.00 bits per heavy atom. The molecule has 0 aliphatic carbocycles. The van der Waals surface area contributed by atoms with Gasteiger partial charge >= 0.3 is 0 Å². The summed E-state index contributed by atoms with van der Waals surface area (Å²) < 4.78 is 28.8. The number of alkyl halides is 1. The van der Waals surface area contributed by atoms with Gasteiger partial charge in [0.2, 0.25) is 0 Å². The lowest BCUT2D eigenvalue weighted by Crippen LogP contribution is -2.40. The Morgan fingerprint density at radius 3 is 2.10 bits per heavy atom. The van der Waals surface area contributed by atoms with Crippen molar-refractivity contribution in [3.63, 3.8) is 0 Å². The summed E-state index contributed by atoms with van der Waals surface area (Å²) in [6, 6.07) is 7.93. The summed E-state index contributed by atoms with van der Waals surface area (Å²) in [4.78, 5) is 0. The van der Waals surface area contributed by atoms with Gasteiger partial charge in [-0.15, -0.1) is 0 Å². The van der Waals surface area contributed by atoms with Gasteiger partial charge in [-0.3, -0.25) is 0 Å². The third kappa shape index (κ3) is 4.55. The van der Waals surface area contributed by atoms with E-state index in [-0.39, 0.29) is 0 Å². The predicted octanol–water partition coefficient (Wildman–Crippen LogP) is 2.79. The molecule has 0 spiro atoms. The molecule has 1 aliphatic rings. The van der Waals surface area contributed by atoms with E-state index in [1.807, 2.05) is 24.3 Å². The smallest absolute Gasteiger partial charge is 0.198 e. The van der Waals surface area contributed by atoms with Gasteiger partial charge in [-0.05, 0) is 24.0 Å². The van der Waals surface area contributed by atoms with Crippen LogP contribution in [-0.4, -0.2) is 25.8 Å². The van der Waals surface area contributed by atoms with Gasteiger partial charge in [-0.2, -0.15) is 17.4 Å². The Labute approximate surface area is 129 Å². The Bertz CT molecular complexity index is 508. The normalized spacial score (nSPS) is 17.9. The van der Waals surface area contributed by atoms with Crippen molar-refractivity contribution in [2.75, 3.05) is 13.1 Å². The molecule has 1 saturated heterocycles. The minimum atomic E-state index is -3.35. The predicted molar refractivity (Wildman–Crippen MR) is 84.9 cm³/mol. The first kappa shape index (κ1) is 15.9. The average Bonchev–Trinajstić information content (AvgIpc) is 2.75. The van der Waals surface area contributed by atoms with Gasteiger partial charge in [0.05, 0.1) is 0 Å². The molecule has 1 N–H and O–H groups in total. The summed E-state index contributed by atoms with van der Waals surface area (Å²) in [6.45, 7) is 1.62. The highest BCUT2D eigenvalue weighted by atomic mass is 79.9. The van der Waals surface area contributed by atoms with Crippen molar-refractivity contribution < 1.29 is 8.42 Å². The van der Waals surface area contributed by atoms with Crippen LogP contribution in [0.1, 0.15) is 36.8 Å². The lowest BCUT2D eigenvalue weighted by atomic mass is 10.2. The van der Waals surface area contributed by atoms with Crippen LogP contribution in [0.5, 0.6) is 0 Å². The number of nitrogens with one attached hydrogen (secondary N) is 1. The zero-order valence-electron chi connectivity index (χ0n) is 11.5. The molecule has 0 atom stereocenters. The van der Waals surface area contributed by atoms with E-state index in [9.17, 15) is 8.42 Å². The third-order valence-corrected chi connectivity index (χ3v) is 5.74. The van der Waals surface area contributed by atoms with Crippen LogP contribution in [0.25, 0.3) is 0 Å². The second kappa shape index (κ2) is 7.54. The zero-order valence-corrected chi connectivity index (χ0v) is 13.9. The molecule has 1 heterocycles. The number of benzene rings is 1. The van der Waals surface area contributed by atoms with Crippen LogP contribution in [0.4, 0.5) is 0 Å². The van der Waals surface area contributed by atoms with E-state index in [1.54, 1.807) is 4.31 Å². The Hall–Kier alpha value is -0.430. The van der Waals surface area contributed by atoms with Crippen molar-refractivity contribution in [2.24, 2.45) is 0 Å². The van der Waals surface area contributed by atoms with Crippen LogP contribution < -0.4 is 4.72 Å². The van der Waals surface area contributed by atoms with Gasteiger partial charge in [-0.1, -0.05) is 53.0 Å². The van der Waals surface area contributed by atoms with Crippen molar-refractivity contribution in [1.29, 1.82) is 0 Å². The van der Waals surface area contributed by atoms with Crippen molar-refractivity contribution in [1.82, 2.24) is 9.03 Å². The Kier molecular flexibility index (Phi) is 6.01. The van der Waals surface area contributed by atoms with Gasteiger partial charge < -0.3 is 0 Å². The molecule has 1 aliphatic heterocycles. The van der Waals surface area contributed by atoms with Gasteiger partial charge in [0, 0.05) is 25.0 Å². The van der Waals surface area contributed by atoms with Crippen LogP contribution in [0.2, 0.25) is 0 Å². The standard InChI is InChI=1S/C14H21BrN2O2S/c15-11-13-5-7-14(8-6-13)12-16-20(18,19)17-9-3-1-2-4-10-17/h5-8,16H,1-4,9-12H2. The lowest BCUT2D eigenvalue weighted by Gasteiger charge is -2.20. The van der Waals surface area contributed by atoms with E-state index in [0.29, 0.717) is 19.6 Å². The van der Waals surface area contributed by atoms with Gasteiger partial charge in [0.1, 0.15) is 0 Å². The molecule has 0 unspecified atom stereocenters. The van der Waals surface area contributed by atoms with Gasteiger partial charge in [-0.25, -0.2) is 0 Å². The lowest BCUT2D eigenvalue weighted by molar-refractivity contribution is 0.414. The number of halogens is 1. The molecule has 0 aromatic heterocycles. The monoisotopic (exact) mass is 360 g/mol. The van der Waals surface area contributed by atoms with Crippen molar-refractivity contribution in [3.8, 4) is 0 Å². The fourth-order valence-corrected chi connectivity index (χ4v) is 3.94. The van der Waals surface area contributed by atoms with Crippen LogP contribution in [0.15, 0.2) is 24.3 Å². The van der Waals surface area contributed by atoms with Crippen LogP contribution in [0, 0.1) is 0 Å².